The van der Waals surface area contributed by atoms with E-state index >= 15 is 0 Å². The van der Waals surface area contributed by atoms with Gasteiger partial charge in [-0.3, -0.25) is 0 Å². The van der Waals surface area contributed by atoms with Gasteiger partial charge in [0.05, 0.1) is 12.6 Å². The maximum Gasteiger partial charge on any atom is 0.315 e. The first-order chi connectivity index (χ1) is 9.69. The van der Waals surface area contributed by atoms with Gasteiger partial charge in [0.2, 0.25) is 0 Å². The fourth-order valence-electron chi connectivity index (χ4n) is 2.19. The third kappa shape index (κ3) is 4.09. The highest BCUT2D eigenvalue weighted by molar-refractivity contribution is 5.74. The average Bonchev–Trinajstić information content (AvgIpc) is 2.99. The molecule has 1 aliphatic heterocycles. The fourth-order valence-corrected chi connectivity index (χ4v) is 2.19. The number of rotatable bonds is 5. The summed E-state index contributed by atoms with van der Waals surface area (Å²) in [7, 11) is 0. The third-order valence-corrected chi connectivity index (χ3v) is 3.34. The highest BCUT2D eigenvalue weighted by Crippen LogP contribution is 2.18. The molecule has 2 heterocycles. The first-order valence-electron chi connectivity index (χ1n) is 7.04. The van der Waals surface area contributed by atoms with Crippen molar-refractivity contribution < 1.29 is 9.90 Å². The Morgan fingerprint density at radius 3 is 2.95 bits per heavy atom. The fraction of sp³-hybridized carbons (Fsp3) is 0.571. The van der Waals surface area contributed by atoms with Crippen LogP contribution in [0.4, 0.5) is 10.6 Å². The topological polar surface area (TPSA) is 77.5 Å². The van der Waals surface area contributed by atoms with Crippen molar-refractivity contribution in [2.24, 2.45) is 0 Å². The second-order valence-electron chi connectivity index (χ2n) is 5.13. The standard InChI is InChI=1S/C14H22N4O2/c1-11(10-19)17-14(20)16-9-12-4-5-15-13(8-12)18-6-2-3-7-18/h4-5,8,11,19H,2-3,6-7,9-10H2,1H3,(H2,16,17,20). The minimum absolute atomic E-state index is 0.0677. The summed E-state index contributed by atoms with van der Waals surface area (Å²) < 4.78 is 0. The number of pyridine rings is 1. The smallest absolute Gasteiger partial charge is 0.315 e. The second-order valence-corrected chi connectivity index (χ2v) is 5.13. The molecule has 2 rings (SSSR count). The number of hydrogen-bond donors (Lipinski definition) is 3. The van der Waals surface area contributed by atoms with Crippen molar-refractivity contribution in [3.05, 3.63) is 23.9 Å². The summed E-state index contributed by atoms with van der Waals surface area (Å²) in [5, 5.41) is 14.3. The van der Waals surface area contributed by atoms with E-state index in [1.54, 1.807) is 13.1 Å². The molecule has 0 aliphatic carbocycles. The van der Waals surface area contributed by atoms with Crippen LogP contribution >= 0.6 is 0 Å². The SMILES string of the molecule is CC(CO)NC(=O)NCc1ccnc(N2CCCC2)c1. The Morgan fingerprint density at radius 1 is 1.50 bits per heavy atom. The molecule has 0 bridgehead atoms. The molecule has 1 saturated heterocycles. The van der Waals surface area contributed by atoms with Gasteiger partial charge in [-0.1, -0.05) is 0 Å². The summed E-state index contributed by atoms with van der Waals surface area (Å²) in [6.07, 6.45) is 4.20. The lowest BCUT2D eigenvalue weighted by Gasteiger charge is -2.17. The molecule has 0 aromatic carbocycles. The summed E-state index contributed by atoms with van der Waals surface area (Å²) in [4.78, 5) is 18.2. The zero-order chi connectivity index (χ0) is 14.4. The van der Waals surface area contributed by atoms with Gasteiger partial charge < -0.3 is 20.6 Å². The molecule has 1 aromatic heterocycles. The van der Waals surface area contributed by atoms with Gasteiger partial charge >= 0.3 is 6.03 Å². The van der Waals surface area contributed by atoms with E-state index in [0.29, 0.717) is 6.54 Å². The molecular weight excluding hydrogens is 256 g/mol. The first kappa shape index (κ1) is 14.6. The van der Waals surface area contributed by atoms with Crippen LogP contribution in [0.2, 0.25) is 0 Å². The predicted molar refractivity (Wildman–Crippen MR) is 77.6 cm³/mol. The van der Waals surface area contributed by atoms with Crippen LogP contribution in [0.1, 0.15) is 25.3 Å². The van der Waals surface area contributed by atoms with E-state index in [2.05, 4.69) is 20.5 Å². The number of nitrogens with one attached hydrogen (secondary N) is 2. The predicted octanol–water partition coefficient (Wildman–Crippen LogP) is 0.862. The van der Waals surface area contributed by atoms with Gasteiger partial charge in [0.25, 0.3) is 0 Å². The third-order valence-electron chi connectivity index (χ3n) is 3.34. The minimum Gasteiger partial charge on any atom is -0.394 e. The molecular formula is C14H22N4O2. The number of aliphatic hydroxyl groups is 1. The van der Waals surface area contributed by atoms with E-state index < -0.39 is 0 Å². The Morgan fingerprint density at radius 2 is 2.25 bits per heavy atom. The largest absolute Gasteiger partial charge is 0.394 e. The van der Waals surface area contributed by atoms with Gasteiger partial charge in [-0.2, -0.15) is 0 Å². The number of amides is 2. The van der Waals surface area contributed by atoms with Crippen molar-refractivity contribution in [2.45, 2.75) is 32.4 Å². The van der Waals surface area contributed by atoms with Crippen LogP contribution in [-0.2, 0) is 6.54 Å². The number of aromatic nitrogens is 1. The van der Waals surface area contributed by atoms with E-state index in [1.807, 2.05) is 12.1 Å². The van der Waals surface area contributed by atoms with Crippen LogP contribution in [0.15, 0.2) is 18.3 Å². The molecule has 0 radical (unpaired) electrons. The molecule has 6 nitrogen and oxygen atoms in total. The minimum atomic E-state index is -0.272. The number of hydrogen-bond acceptors (Lipinski definition) is 4. The maximum atomic E-state index is 11.6. The average molecular weight is 278 g/mol. The van der Waals surface area contributed by atoms with E-state index in [9.17, 15) is 4.79 Å². The first-order valence-corrected chi connectivity index (χ1v) is 7.04. The van der Waals surface area contributed by atoms with Crippen molar-refractivity contribution in [1.29, 1.82) is 0 Å². The van der Waals surface area contributed by atoms with Gasteiger partial charge in [0, 0.05) is 25.8 Å². The molecule has 2 amide bonds. The highest BCUT2D eigenvalue weighted by Gasteiger charge is 2.13. The molecule has 0 spiro atoms. The summed E-state index contributed by atoms with van der Waals surface area (Å²) in [6, 6.07) is 3.40. The van der Waals surface area contributed by atoms with E-state index in [-0.39, 0.29) is 18.7 Å². The highest BCUT2D eigenvalue weighted by atomic mass is 16.3. The van der Waals surface area contributed by atoms with Crippen molar-refractivity contribution in [3.63, 3.8) is 0 Å². The lowest BCUT2D eigenvalue weighted by atomic mass is 10.2. The maximum absolute atomic E-state index is 11.6. The molecule has 6 heteroatoms. The van der Waals surface area contributed by atoms with E-state index in [1.165, 1.54) is 12.8 Å². The number of nitrogens with zero attached hydrogens (tertiary/aromatic N) is 2. The monoisotopic (exact) mass is 278 g/mol. The van der Waals surface area contributed by atoms with Crippen LogP contribution < -0.4 is 15.5 Å². The van der Waals surface area contributed by atoms with Gasteiger partial charge in [-0.25, -0.2) is 9.78 Å². The summed E-state index contributed by atoms with van der Waals surface area (Å²) in [5.74, 6) is 0.978. The molecule has 1 unspecified atom stereocenters. The van der Waals surface area contributed by atoms with Gasteiger partial charge in [-0.05, 0) is 37.5 Å². The molecule has 1 atom stereocenters. The Bertz CT molecular complexity index is 447. The zero-order valence-corrected chi connectivity index (χ0v) is 11.8. The van der Waals surface area contributed by atoms with Crippen molar-refractivity contribution in [3.8, 4) is 0 Å². The van der Waals surface area contributed by atoms with Crippen molar-refractivity contribution in [2.75, 3.05) is 24.6 Å². The number of carbonyl (C=O) groups excluding carboxylic acids is 1. The quantitative estimate of drug-likeness (QED) is 0.746. The van der Waals surface area contributed by atoms with Crippen molar-refractivity contribution >= 4 is 11.8 Å². The second kappa shape index (κ2) is 7.09. The van der Waals surface area contributed by atoms with E-state index in [4.69, 9.17) is 5.11 Å². The number of carbonyl (C=O) groups is 1. The van der Waals surface area contributed by atoms with Crippen LogP contribution in [0.25, 0.3) is 0 Å². The molecule has 1 aliphatic rings. The van der Waals surface area contributed by atoms with Gasteiger partial charge in [0.15, 0.2) is 0 Å². The summed E-state index contributed by atoms with van der Waals surface area (Å²) in [6.45, 7) is 4.24. The van der Waals surface area contributed by atoms with E-state index in [0.717, 1.165) is 24.5 Å². The summed E-state index contributed by atoms with van der Waals surface area (Å²) >= 11 is 0. The molecule has 110 valence electrons. The number of anilines is 1. The Balaban J connectivity index is 1.86. The lowest BCUT2D eigenvalue weighted by Crippen LogP contribution is -2.41. The molecule has 1 aromatic rings. The number of aliphatic hydroxyl groups excluding tert-OH is 1. The number of urea groups is 1. The Kier molecular flexibility index (Phi) is 5.17. The van der Waals surface area contributed by atoms with Crippen LogP contribution in [0.3, 0.4) is 0 Å². The normalized spacial score (nSPS) is 16.0. The summed E-state index contributed by atoms with van der Waals surface area (Å²) in [5.41, 5.74) is 1.02. The molecule has 0 saturated carbocycles. The Labute approximate surface area is 119 Å². The van der Waals surface area contributed by atoms with Crippen LogP contribution in [0.5, 0.6) is 0 Å². The molecule has 3 N–H and O–H groups in total. The van der Waals surface area contributed by atoms with Crippen molar-refractivity contribution in [1.82, 2.24) is 15.6 Å². The van der Waals surface area contributed by atoms with Gasteiger partial charge in [0.1, 0.15) is 5.82 Å². The molecule has 20 heavy (non-hydrogen) atoms. The zero-order valence-electron chi connectivity index (χ0n) is 11.8. The van der Waals surface area contributed by atoms with Gasteiger partial charge in [-0.15, -0.1) is 0 Å². The molecule has 1 fully saturated rings. The van der Waals surface area contributed by atoms with Crippen LogP contribution in [0, 0.1) is 0 Å². The Hall–Kier alpha value is -1.82. The lowest BCUT2D eigenvalue weighted by molar-refractivity contribution is 0.220. The van der Waals surface area contributed by atoms with Crippen LogP contribution in [-0.4, -0.2) is 41.9 Å².